The lowest BCUT2D eigenvalue weighted by Gasteiger charge is -2.34. The van der Waals surface area contributed by atoms with Gasteiger partial charge in [0.05, 0.1) is 7.11 Å². The fraction of sp³-hybridized carbons (Fsp3) is 0.364. The highest BCUT2D eigenvalue weighted by Gasteiger charge is 2.25. The summed E-state index contributed by atoms with van der Waals surface area (Å²) in [5, 5.41) is 0. The molecule has 0 N–H and O–H groups in total. The average Bonchev–Trinajstić information content (AvgIpc) is 2.73. The molecular weight excluding hydrogens is 356 g/mol. The first-order chi connectivity index (χ1) is 13.5. The Labute approximate surface area is 165 Å². The highest BCUT2D eigenvalue weighted by Crippen LogP contribution is 2.19. The average molecular weight is 382 g/mol. The van der Waals surface area contributed by atoms with Gasteiger partial charge in [-0.25, -0.2) is 0 Å². The third-order valence-corrected chi connectivity index (χ3v) is 4.95. The van der Waals surface area contributed by atoms with Crippen LogP contribution < -0.4 is 9.47 Å². The van der Waals surface area contributed by atoms with Gasteiger partial charge >= 0.3 is 0 Å². The first-order valence-corrected chi connectivity index (χ1v) is 9.39. The summed E-state index contributed by atoms with van der Waals surface area (Å²) in [6, 6.07) is 13.0. The molecule has 0 spiro atoms. The second-order valence-corrected chi connectivity index (χ2v) is 6.96. The molecule has 3 rings (SSSR count). The number of amides is 2. The van der Waals surface area contributed by atoms with Crippen LogP contribution in [-0.2, 0) is 4.79 Å². The second kappa shape index (κ2) is 8.78. The largest absolute Gasteiger partial charge is 0.497 e. The predicted molar refractivity (Wildman–Crippen MR) is 107 cm³/mol. The van der Waals surface area contributed by atoms with Crippen molar-refractivity contribution in [1.82, 2.24) is 9.80 Å². The molecule has 0 saturated carbocycles. The number of rotatable bonds is 5. The smallest absolute Gasteiger partial charge is 0.260 e. The van der Waals surface area contributed by atoms with Gasteiger partial charge in [0.2, 0.25) is 0 Å². The molecule has 1 aliphatic heterocycles. The van der Waals surface area contributed by atoms with E-state index in [0.717, 1.165) is 22.6 Å². The molecule has 0 aromatic heterocycles. The molecule has 0 aliphatic carbocycles. The van der Waals surface area contributed by atoms with Gasteiger partial charge in [-0.3, -0.25) is 9.59 Å². The van der Waals surface area contributed by atoms with Crippen molar-refractivity contribution in [3.63, 3.8) is 0 Å². The standard InChI is InChI=1S/C22H26N2O4/c1-16-4-5-17(2)20(14-16)28-15-21(25)23-10-12-24(13-11-23)22(26)18-6-8-19(27-3)9-7-18/h4-9,14H,10-13,15H2,1-3H3. The fourth-order valence-corrected chi connectivity index (χ4v) is 3.17. The summed E-state index contributed by atoms with van der Waals surface area (Å²) in [6.07, 6.45) is 0. The summed E-state index contributed by atoms with van der Waals surface area (Å²) in [7, 11) is 1.59. The summed E-state index contributed by atoms with van der Waals surface area (Å²) >= 11 is 0. The van der Waals surface area contributed by atoms with Crippen molar-refractivity contribution < 1.29 is 19.1 Å². The van der Waals surface area contributed by atoms with Gasteiger partial charge in [0, 0.05) is 31.7 Å². The molecule has 0 atom stereocenters. The van der Waals surface area contributed by atoms with Gasteiger partial charge in [-0.1, -0.05) is 12.1 Å². The van der Waals surface area contributed by atoms with Crippen molar-refractivity contribution in [2.24, 2.45) is 0 Å². The van der Waals surface area contributed by atoms with Crippen LogP contribution in [0.25, 0.3) is 0 Å². The highest BCUT2D eigenvalue weighted by molar-refractivity contribution is 5.94. The van der Waals surface area contributed by atoms with Gasteiger partial charge in [-0.05, 0) is 55.3 Å². The molecule has 1 heterocycles. The van der Waals surface area contributed by atoms with E-state index >= 15 is 0 Å². The molecule has 0 radical (unpaired) electrons. The molecule has 2 aromatic carbocycles. The zero-order valence-corrected chi connectivity index (χ0v) is 16.6. The van der Waals surface area contributed by atoms with Crippen LogP contribution in [0.5, 0.6) is 11.5 Å². The van der Waals surface area contributed by atoms with Crippen molar-refractivity contribution in [3.8, 4) is 11.5 Å². The zero-order valence-electron chi connectivity index (χ0n) is 16.6. The first kappa shape index (κ1) is 19.7. The summed E-state index contributed by atoms with van der Waals surface area (Å²) < 4.78 is 10.8. The molecule has 0 bridgehead atoms. The minimum atomic E-state index is -0.0579. The number of carbonyl (C=O) groups excluding carboxylic acids is 2. The van der Waals surface area contributed by atoms with E-state index in [-0.39, 0.29) is 18.4 Å². The topological polar surface area (TPSA) is 59.1 Å². The van der Waals surface area contributed by atoms with Crippen LogP contribution in [0.15, 0.2) is 42.5 Å². The second-order valence-electron chi connectivity index (χ2n) is 6.96. The van der Waals surface area contributed by atoms with Crippen LogP contribution in [0.3, 0.4) is 0 Å². The fourth-order valence-electron chi connectivity index (χ4n) is 3.17. The van der Waals surface area contributed by atoms with E-state index in [9.17, 15) is 9.59 Å². The molecule has 148 valence electrons. The summed E-state index contributed by atoms with van der Waals surface area (Å²) in [5.74, 6) is 1.37. The third kappa shape index (κ3) is 4.63. The van der Waals surface area contributed by atoms with Gasteiger partial charge in [0.15, 0.2) is 6.61 Å². The van der Waals surface area contributed by atoms with Crippen LogP contribution in [0.4, 0.5) is 0 Å². The Bertz CT molecular complexity index is 840. The zero-order chi connectivity index (χ0) is 20.1. The van der Waals surface area contributed by atoms with Crippen LogP contribution in [0, 0.1) is 13.8 Å². The molecular formula is C22H26N2O4. The molecule has 1 fully saturated rings. The number of benzene rings is 2. The summed E-state index contributed by atoms with van der Waals surface area (Å²) in [5.41, 5.74) is 2.73. The Balaban J connectivity index is 1.50. The van der Waals surface area contributed by atoms with E-state index in [1.165, 1.54) is 0 Å². The number of hydrogen-bond acceptors (Lipinski definition) is 4. The SMILES string of the molecule is COc1ccc(C(=O)N2CCN(C(=O)COc3cc(C)ccc3C)CC2)cc1. The Morgan fingerprint density at radius 2 is 1.57 bits per heavy atom. The maximum atomic E-state index is 12.6. The minimum Gasteiger partial charge on any atom is -0.497 e. The van der Waals surface area contributed by atoms with E-state index in [1.807, 2.05) is 32.0 Å². The van der Waals surface area contributed by atoms with Crippen molar-refractivity contribution in [3.05, 3.63) is 59.2 Å². The maximum Gasteiger partial charge on any atom is 0.260 e. The van der Waals surface area contributed by atoms with Crippen molar-refractivity contribution in [1.29, 1.82) is 0 Å². The molecule has 1 saturated heterocycles. The third-order valence-electron chi connectivity index (χ3n) is 4.95. The van der Waals surface area contributed by atoms with Crippen LogP contribution in [0.1, 0.15) is 21.5 Å². The number of aryl methyl sites for hydroxylation is 2. The lowest BCUT2D eigenvalue weighted by molar-refractivity contribution is -0.134. The molecule has 28 heavy (non-hydrogen) atoms. The molecule has 6 heteroatoms. The van der Waals surface area contributed by atoms with E-state index in [1.54, 1.807) is 41.2 Å². The van der Waals surface area contributed by atoms with Gasteiger partial charge < -0.3 is 19.3 Å². The first-order valence-electron chi connectivity index (χ1n) is 9.39. The van der Waals surface area contributed by atoms with E-state index in [0.29, 0.717) is 31.7 Å². The summed E-state index contributed by atoms with van der Waals surface area (Å²) in [6.45, 7) is 6.01. The van der Waals surface area contributed by atoms with Gasteiger partial charge in [0.1, 0.15) is 11.5 Å². The molecule has 2 aromatic rings. The van der Waals surface area contributed by atoms with Gasteiger partial charge in [-0.2, -0.15) is 0 Å². The Morgan fingerprint density at radius 1 is 0.929 bits per heavy atom. The number of ether oxygens (including phenoxy) is 2. The van der Waals surface area contributed by atoms with Crippen LogP contribution in [-0.4, -0.2) is 61.5 Å². The van der Waals surface area contributed by atoms with Gasteiger partial charge in [0.25, 0.3) is 11.8 Å². The lowest BCUT2D eigenvalue weighted by atomic mass is 10.1. The normalized spacial score (nSPS) is 14.0. The monoisotopic (exact) mass is 382 g/mol. The number of methoxy groups -OCH3 is 1. The summed E-state index contributed by atoms with van der Waals surface area (Å²) in [4.78, 5) is 28.6. The molecule has 0 unspecified atom stereocenters. The Hall–Kier alpha value is -3.02. The number of carbonyl (C=O) groups is 2. The predicted octanol–water partition coefficient (Wildman–Crippen LogP) is 2.68. The van der Waals surface area contributed by atoms with E-state index in [2.05, 4.69) is 0 Å². The lowest BCUT2D eigenvalue weighted by Crippen LogP contribution is -2.51. The van der Waals surface area contributed by atoms with Crippen molar-refractivity contribution in [2.75, 3.05) is 39.9 Å². The Kier molecular flexibility index (Phi) is 6.19. The number of hydrogen-bond donors (Lipinski definition) is 0. The van der Waals surface area contributed by atoms with E-state index in [4.69, 9.17) is 9.47 Å². The Morgan fingerprint density at radius 3 is 2.21 bits per heavy atom. The molecule has 1 aliphatic rings. The van der Waals surface area contributed by atoms with Gasteiger partial charge in [-0.15, -0.1) is 0 Å². The van der Waals surface area contributed by atoms with Crippen LogP contribution in [0.2, 0.25) is 0 Å². The minimum absolute atomic E-state index is 0.0106. The number of piperazine rings is 1. The molecule has 6 nitrogen and oxygen atoms in total. The van der Waals surface area contributed by atoms with Crippen molar-refractivity contribution in [2.45, 2.75) is 13.8 Å². The van der Waals surface area contributed by atoms with E-state index < -0.39 is 0 Å². The quantitative estimate of drug-likeness (QED) is 0.798. The molecule has 2 amide bonds. The van der Waals surface area contributed by atoms with Crippen molar-refractivity contribution >= 4 is 11.8 Å². The maximum absolute atomic E-state index is 12.6. The number of nitrogens with zero attached hydrogens (tertiary/aromatic N) is 2. The van der Waals surface area contributed by atoms with Crippen LogP contribution >= 0.6 is 0 Å². The highest BCUT2D eigenvalue weighted by atomic mass is 16.5.